The van der Waals surface area contributed by atoms with Gasteiger partial charge in [-0.1, -0.05) is 13.8 Å². The minimum absolute atomic E-state index is 0.765. The molecule has 0 unspecified atom stereocenters. The van der Waals surface area contributed by atoms with Crippen molar-refractivity contribution in [1.29, 1.82) is 0 Å². The third kappa shape index (κ3) is 7.34. The van der Waals surface area contributed by atoms with Gasteiger partial charge in [0.1, 0.15) is 0 Å². The number of hydrogen-bond acceptors (Lipinski definition) is 2. The Balaban J connectivity index is 1.66. The van der Waals surface area contributed by atoms with Crippen LogP contribution in [0.5, 0.6) is 0 Å². The molecule has 1 fully saturated rings. The summed E-state index contributed by atoms with van der Waals surface area (Å²) in [5, 5.41) is 3.44. The second-order valence-corrected chi connectivity index (χ2v) is 4.82. The highest BCUT2D eigenvalue weighted by atomic mass is 16.5. The molecule has 1 aliphatic carbocycles. The Morgan fingerprint density at radius 1 is 1.29 bits per heavy atom. The molecule has 0 spiro atoms. The minimum Gasteiger partial charge on any atom is -0.381 e. The Labute approximate surface area is 88.4 Å². The van der Waals surface area contributed by atoms with Crippen LogP contribution in [0, 0.1) is 11.8 Å². The van der Waals surface area contributed by atoms with Gasteiger partial charge in [-0.05, 0) is 50.6 Å². The highest BCUT2D eigenvalue weighted by Crippen LogP contribution is 2.28. The molecular formula is C12H25NO. The van der Waals surface area contributed by atoms with Crippen molar-refractivity contribution in [1.82, 2.24) is 5.32 Å². The summed E-state index contributed by atoms with van der Waals surface area (Å²) in [6.07, 6.45) is 5.25. The molecule has 84 valence electrons. The van der Waals surface area contributed by atoms with Crippen molar-refractivity contribution < 1.29 is 4.74 Å². The molecule has 0 bridgehead atoms. The second-order valence-electron chi connectivity index (χ2n) is 4.82. The number of unbranched alkanes of at least 4 members (excludes halogenated alkanes) is 1. The molecule has 0 aromatic heterocycles. The van der Waals surface area contributed by atoms with Crippen LogP contribution in [0.25, 0.3) is 0 Å². The fraction of sp³-hybridized carbons (Fsp3) is 1.00. The highest BCUT2D eigenvalue weighted by molar-refractivity contribution is 4.71. The molecule has 1 saturated carbocycles. The van der Waals surface area contributed by atoms with E-state index < -0.39 is 0 Å². The molecule has 0 radical (unpaired) electrons. The van der Waals surface area contributed by atoms with Crippen molar-refractivity contribution in [3.05, 3.63) is 0 Å². The first-order chi connectivity index (χ1) is 6.79. The Kier molecular flexibility index (Phi) is 6.20. The Bertz CT molecular complexity index is 124. The summed E-state index contributed by atoms with van der Waals surface area (Å²) < 4.78 is 5.56. The van der Waals surface area contributed by atoms with E-state index in [4.69, 9.17) is 4.74 Å². The van der Waals surface area contributed by atoms with Crippen LogP contribution in [0.4, 0.5) is 0 Å². The average Bonchev–Trinajstić information content (AvgIpc) is 2.92. The fourth-order valence-electron chi connectivity index (χ4n) is 1.38. The van der Waals surface area contributed by atoms with E-state index in [2.05, 4.69) is 19.2 Å². The number of hydrogen-bond donors (Lipinski definition) is 1. The minimum atomic E-state index is 0.765. The normalized spacial score (nSPS) is 16.5. The molecule has 0 saturated heterocycles. The molecule has 2 nitrogen and oxygen atoms in total. The molecule has 0 aromatic carbocycles. The van der Waals surface area contributed by atoms with Gasteiger partial charge < -0.3 is 10.1 Å². The van der Waals surface area contributed by atoms with Crippen molar-refractivity contribution >= 4 is 0 Å². The van der Waals surface area contributed by atoms with Gasteiger partial charge in [-0.2, -0.15) is 0 Å². The monoisotopic (exact) mass is 199 g/mol. The van der Waals surface area contributed by atoms with Gasteiger partial charge in [-0.3, -0.25) is 0 Å². The van der Waals surface area contributed by atoms with E-state index in [9.17, 15) is 0 Å². The van der Waals surface area contributed by atoms with E-state index >= 15 is 0 Å². The standard InChI is InChI=1S/C12H25NO/c1-11(2)9-13-7-3-4-8-14-10-12-5-6-12/h11-13H,3-10H2,1-2H3. The predicted molar refractivity (Wildman–Crippen MR) is 60.5 cm³/mol. The van der Waals surface area contributed by atoms with Gasteiger partial charge >= 0.3 is 0 Å². The second kappa shape index (κ2) is 7.24. The molecule has 0 atom stereocenters. The van der Waals surface area contributed by atoms with E-state index in [1.807, 2.05) is 0 Å². The summed E-state index contributed by atoms with van der Waals surface area (Å²) in [7, 11) is 0. The molecule has 1 N–H and O–H groups in total. The van der Waals surface area contributed by atoms with Crippen LogP contribution in [0.15, 0.2) is 0 Å². The van der Waals surface area contributed by atoms with Crippen LogP contribution >= 0.6 is 0 Å². The van der Waals surface area contributed by atoms with Crippen LogP contribution in [0.3, 0.4) is 0 Å². The summed E-state index contributed by atoms with van der Waals surface area (Å²) in [5.74, 6) is 1.68. The Morgan fingerprint density at radius 2 is 2.07 bits per heavy atom. The van der Waals surface area contributed by atoms with Crippen molar-refractivity contribution in [2.75, 3.05) is 26.3 Å². The molecule has 2 heteroatoms. The zero-order valence-electron chi connectivity index (χ0n) is 9.72. The van der Waals surface area contributed by atoms with Gasteiger partial charge in [0.05, 0.1) is 0 Å². The third-order valence-corrected chi connectivity index (χ3v) is 2.50. The number of nitrogens with one attached hydrogen (secondary N) is 1. The molecule has 14 heavy (non-hydrogen) atoms. The first kappa shape index (κ1) is 12.0. The SMILES string of the molecule is CC(C)CNCCCCOCC1CC1. The third-order valence-electron chi connectivity index (χ3n) is 2.50. The van der Waals surface area contributed by atoms with Crippen LogP contribution in [-0.4, -0.2) is 26.3 Å². The van der Waals surface area contributed by atoms with Crippen LogP contribution in [-0.2, 0) is 4.74 Å². The zero-order valence-corrected chi connectivity index (χ0v) is 9.72. The number of ether oxygens (including phenoxy) is 1. The molecule has 0 amide bonds. The summed E-state index contributed by atoms with van der Waals surface area (Å²) in [6.45, 7) is 8.74. The van der Waals surface area contributed by atoms with Crippen molar-refractivity contribution in [3.63, 3.8) is 0 Å². The smallest absolute Gasteiger partial charge is 0.0494 e. The first-order valence-electron chi connectivity index (χ1n) is 6.07. The fourth-order valence-corrected chi connectivity index (χ4v) is 1.38. The molecule has 0 heterocycles. The summed E-state index contributed by atoms with van der Waals surface area (Å²) in [4.78, 5) is 0. The zero-order chi connectivity index (χ0) is 10.2. The summed E-state index contributed by atoms with van der Waals surface area (Å²) >= 11 is 0. The summed E-state index contributed by atoms with van der Waals surface area (Å²) in [6, 6.07) is 0. The lowest BCUT2D eigenvalue weighted by molar-refractivity contribution is 0.121. The van der Waals surface area contributed by atoms with Crippen LogP contribution in [0.1, 0.15) is 39.5 Å². The van der Waals surface area contributed by atoms with E-state index in [0.717, 1.165) is 38.1 Å². The summed E-state index contributed by atoms with van der Waals surface area (Å²) in [5.41, 5.74) is 0. The Morgan fingerprint density at radius 3 is 2.71 bits per heavy atom. The predicted octanol–water partition coefficient (Wildman–Crippen LogP) is 2.44. The van der Waals surface area contributed by atoms with Gasteiger partial charge in [0.15, 0.2) is 0 Å². The first-order valence-corrected chi connectivity index (χ1v) is 6.07. The Hall–Kier alpha value is -0.0800. The van der Waals surface area contributed by atoms with E-state index in [1.165, 1.54) is 25.7 Å². The van der Waals surface area contributed by atoms with E-state index in [-0.39, 0.29) is 0 Å². The molecule has 0 aliphatic heterocycles. The maximum atomic E-state index is 5.56. The highest BCUT2D eigenvalue weighted by Gasteiger charge is 2.20. The van der Waals surface area contributed by atoms with Crippen LogP contribution < -0.4 is 5.32 Å². The van der Waals surface area contributed by atoms with Gasteiger partial charge in [-0.15, -0.1) is 0 Å². The largest absolute Gasteiger partial charge is 0.381 e. The quantitative estimate of drug-likeness (QED) is 0.576. The van der Waals surface area contributed by atoms with Crippen molar-refractivity contribution in [2.45, 2.75) is 39.5 Å². The number of rotatable bonds is 9. The lowest BCUT2D eigenvalue weighted by atomic mass is 10.2. The average molecular weight is 199 g/mol. The van der Waals surface area contributed by atoms with Gasteiger partial charge in [0, 0.05) is 13.2 Å². The molecule has 1 aliphatic rings. The van der Waals surface area contributed by atoms with Crippen molar-refractivity contribution in [2.24, 2.45) is 11.8 Å². The molecule has 0 aromatic rings. The molecular weight excluding hydrogens is 174 g/mol. The lowest BCUT2D eigenvalue weighted by Crippen LogP contribution is -2.20. The molecule has 1 rings (SSSR count). The van der Waals surface area contributed by atoms with Crippen LogP contribution in [0.2, 0.25) is 0 Å². The van der Waals surface area contributed by atoms with Crippen molar-refractivity contribution in [3.8, 4) is 0 Å². The van der Waals surface area contributed by atoms with E-state index in [0.29, 0.717) is 0 Å². The topological polar surface area (TPSA) is 21.3 Å². The van der Waals surface area contributed by atoms with E-state index in [1.54, 1.807) is 0 Å². The van der Waals surface area contributed by atoms with Gasteiger partial charge in [0.2, 0.25) is 0 Å². The lowest BCUT2D eigenvalue weighted by Gasteiger charge is -2.07. The maximum Gasteiger partial charge on any atom is 0.0494 e. The maximum absolute atomic E-state index is 5.56. The van der Waals surface area contributed by atoms with Gasteiger partial charge in [-0.25, -0.2) is 0 Å². The van der Waals surface area contributed by atoms with Gasteiger partial charge in [0.25, 0.3) is 0 Å².